The smallest absolute Gasteiger partial charge is 0.205 e. The molecule has 1 aromatic carbocycles. The fourth-order valence-electron chi connectivity index (χ4n) is 2.29. The number of hydrogen-bond donors (Lipinski definition) is 2. The molecule has 0 unspecified atom stereocenters. The molecular formula is C14H15IN4O2S. The van der Waals surface area contributed by atoms with E-state index in [0.717, 1.165) is 22.3 Å². The van der Waals surface area contributed by atoms with Crippen LogP contribution in [0.25, 0.3) is 10.9 Å². The molecule has 0 aliphatic carbocycles. The second-order valence-electron chi connectivity index (χ2n) is 4.56. The van der Waals surface area contributed by atoms with Gasteiger partial charge < -0.3 is 15.0 Å². The minimum atomic E-state index is 0. The van der Waals surface area contributed by atoms with Gasteiger partial charge in [0.05, 0.1) is 13.7 Å². The molecule has 0 fully saturated rings. The number of nitrogens with one attached hydrogen (secondary N) is 2. The molecule has 8 heteroatoms. The first-order chi connectivity index (χ1) is 10.2. The maximum absolute atomic E-state index is 12.5. The van der Waals surface area contributed by atoms with Gasteiger partial charge >= 0.3 is 0 Å². The van der Waals surface area contributed by atoms with Crippen molar-refractivity contribution in [3.8, 4) is 5.75 Å². The molecule has 0 amide bonds. The van der Waals surface area contributed by atoms with Crippen LogP contribution in [0.3, 0.4) is 0 Å². The fourth-order valence-corrected chi connectivity index (χ4v) is 2.73. The molecule has 0 radical (unpaired) electrons. The number of aryl methyl sites for hydroxylation is 1. The van der Waals surface area contributed by atoms with Gasteiger partial charge in [0.15, 0.2) is 5.78 Å². The van der Waals surface area contributed by atoms with E-state index in [9.17, 15) is 4.79 Å². The third-order valence-electron chi connectivity index (χ3n) is 3.23. The lowest BCUT2D eigenvalue weighted by Crippen LogP contribution is -2.14. The van der Waals surface area contributed by atoms with Crippen molar-refractivity contribution in [1.82, 2.24) is 15.2 Å². The molecule has 6 nitrogen and oxygen atoms in total. The number of carbonyl (C=O) groups is 1. The van der Waals surface area contributed by atoms with Crippen LogP contribution in [0, 0.1) is 6.92 Å². The molecule has 3 rings (SSSR count). The summed E-state index contributed by atoms with van der Waals surface area (Å²) < 4.78 is 5.23. The third-order valence-corrected chi connectivity index (χ3v) is 3.88. The van der Waals surface area contributed by atoms with Crippen LogP contribution in [0.2, 0.25) is 0 Å². The first-order valence-corrected chi connectivity index (χ1v) is 7.26. The summed E-state index contributed by atoms with van der Waals surface area (Å²) >= 11 is 1.36. The Hall–Kier alpha value is -1.68. The molecule has 22 heavy (non-hydrogen) atoms. The zero-order chi connectivity index (χ0) is 14.8. The van der Waals surface area contributed by atoms with Crippen molar-refractivity contribution in [1.29, 1.82) is 0 Å². The monoisotopic (exact) mass is 430 g/mol. The summed E-state index contributed by atoms with van der Waals surface area (Å²) in [6, 6.07) is 5.65. The van der Waals surface area contributed by atoms with Gasteiger partial charge in [-0.05, 0) is 25.1 Å². The number of methoxy groups -OCH3 is 1. The van der Waals surface area contributed by atoms with Gasteiger partial charge in [0.2, 0.25) is 5.13 Å². The minimum Gasteiger partial charge on any atom is -0.497 e. The van der Waals surface area contributed by atoms with Crippen molar-refractivity contribution in [3.05, 3.63) is 35.0 Å². The van der Waals surface area contributed by atoms with E-state index in [2.05, 4.69) is 20.5 Å². The van der Waals surface area contributed by atoms with Gasteiger partial charge in [-0.15, -0.1) is 34.2 Å². The highest BCUT2D eigenvalue weighted by molar-refractivity contribution is 14.0. The van der Waals surface area contributed by atoms with Crippen LogP contribution in [0.15, 0.2) is 23.7 Å². The number of anilines is 1. The normalized spacial score (nSPS) is 10.3. The topological polar surface area (TPSA) is 79.9 Å². The van der Waals surface area contributed by atoms with E-state index in [1.54, 1.807) is 12.6 Å². The van der Waals surface area contributed by atoms with Crippen LogP contribution in [-0.2, 0) is 0 Å². The Balaban J connectivity index is 0.00000176. The Morgan fingerprint density at radius 3 is 2.95 bits per heavy atom. The third kappa shape index (κ3) is 3.22. The van der Waals surface area contributed by atoms with Crippen molar-refractivity contribution < 1.29 is 9.53 Å². The zero-order valence-electron chi connectivity index (χ0n) is 12.0. The van der Waals surface area contributed by atoms with E-state index in [0.29, 0.717) is 10.7 Å². The summed E-state index contributed by atoms with van der Waals surface area (Å²) in [6.07, 6.45) is 0. The molecule has 0 atom stereocenters. The number of rotatable bonds is 5. The van der Waals surface area contributed by atoms with E-state index in [1.807, 2.05) is 25.1 Å². The molecule has 2 heterocycles. The molecular weight excluding hydrogens is 415 g/mol. The van der Waals surface area contributed by atoms with Crippen molar-refractivity contribution in [2.24, 2.45) is 0 Å². The van der Waals surface area contributed by atoms with Crippen molar-refractivity contribution >= 4 is 57.1 Å². The summed E-state index contributed by atoms with van der Waals surface area (Å²) in [5.41, 5.74) is 4.07. The van der Waals surface area contributed by atoms with Crippen LogP contribution in [-0.4, -0.2) is 34.6 Å². The predicted octanol–water partition coefficient (Wildman–Crippen LogP) is 3.25. The number of aromatic nitrogens is 3. The highest BCUT2D eigenvalue weighted by Crippen LogP contribution is 2.26. The molecule has 3 aromatic rings. The van der Waals surface area contributed by atoms with Gasteiger partial charge in [0.25, 0.3) is 0 Å². The maximum atomic E-state index is 12.5. The van der Waals surface area contributed by atoms with Crippen LogP contribution in [0.4, 0.5) is 5.13 Å². The molecule has 0 spiro atoms. The van der Waals surface area contributed by atoms with Gasteiger partial charge in [-0.2, -0.15) is 0 Å². The van der Waals surface area contributed by atoms with Gasteiger partial charge in [0.1, 0.15) is 11.3 Å². The highest BCUT2D eigenvalue weighted by Gasteiger charge is 2.16. The lowest BCUT2D eigenvalue weighted by molar-refractivity contribution is 0.101. The van der Waals surface area contributed by atoms with Gasteiger partial charge in [-0.1, -0.05) is 11.3 Å². The number of hydrogen-bond acceptors (Lipinski definition) is 6. The second kappa shape index (κ2) is 7.05. The summed E-state index contributed by atoms with van der Waals surface area (Å²) in [4.78, 5) is 15.7. The summed E-state index contributed by atoms with van der Waals surface area (Å²) in [5, 5.41) is 12.1. The van der Waals surface area contributed by atoms with Crippen LogP contribution < -0.4 is 10.1 Å². The molecule has 0 saturated carbocycles. The Morgan fingerprint density at radius 2 is 2.27 bits per heavy atom. The Bertz CT molecular complexity index is 786. The van der Waals surface area contributed by atoms with E-state index >= 15 is 0 Å². The number of halogens is 1. The van der Waals surface area contributed by atoms with Gasteiger partial charge in [0, 0.05) is 22.2 Å². The van der Waals surface area contributed by atoms with Gasteiger partial charge in [-0.25, -0.2) is 0 Å². The number of benzene rings is 1. The van der Waals surface area contributed by atoms with Gasteiger partial charge in [-0.3, -0.25) is 4.79 Å². The Labute approximate surface area is 148 Å². The van der Waals surface area contributed by atoms with E-state index < -0.39 is 0 Å². The van der Waals surface area contributed by atoms with E-state index in [4.69, 9.17) is 4.74 Å². The molecule has 0 bridgehead atoms. The molecule has 116 valence electrons. The lowest BCUT2D eigenvalue weighted by atomic mass is 10.1. The Morgan fingerprint density at radius 1 is 1.45 bits per heavy atom. The van der Waals surface area contributed by atoms with Crippen molar-refractivity contribution in [2.45, 2.75) is 6.92 Å². The number of ether oxygens (including phenoxy) is 1. The molecule has 0 aliphatic heterocycles. The number of nitrogens with zero attached hydrogens (tertiary/aromatic N) is 2. The minimum absolute atomic E-state index is 0. The zero-order valence-corrected chi connectivity index (χ0v) is 15.2. The number of H-pyrrole nitrogens is 1. The van der Waals surface area contributed by atoms with Crippen molar-refractivity contribution in [3.63, 3.8) is 0 Å². The number of carbonyl (C=O) groups excluding carboxylic acids is 1. The number of fused-ring (bicyclic) bond motifs is 1. The average molecular weight is 430 g/mol. The first-order valence-electron chi connectivity index (χ1n) is 6.38. The standard InChI is InChI=1S/C14H14N4O2S.HI/c1-8-13(12(19)6-15-14-18-16-7-21-14)10-5-9(20-2)3-4-11(10)17-8;/h3-5,7,17H,6H2,1-2H3,(H,15,18);1H. The summed E-state index contributed by atoms with van der Waals surface area (Å²) in [6.45, 7) is 2.07. The fraction of sp³-hybridized carbons (Fsp3) is 0.214. The molecule has 0 saturated heterocycles. The highest BCUT2D eigenvalue weighted by atomic mass is 127. The molecule has 2 aromatic heterocycles. The lowest BCUT2D eigenvalue weighted by Gasteiger charge is -2.03. The van der Waals surface area contributed by atoms with E-state index in [-0.39, 0.29) is 36.3 Å². The first kappa shape index (κ1) is 16.7. The largest absolute Gasteiger partial charge is 0.497 e. The Kier molecular flexibility index (Phi) is 5.35. The number of aromatic amines is 1. The molecule has 2 N–H and O–H groups in total. The quantitative estimate of drug-likeness (QED) is 0.480. The van der Waals surface area contributed by atoms with Crippen LogP contribution >= 0.6 is 35.3 Å². The number of ketones is 1. The molecule has 0 aliphatic rings. The number of Topliss-reactive ketones (excluding diaryl/α,β-unsaturated/α-hetero) is 1. The maximum Gasteiger partial charge on any atom is 0.205 e. The predicted molar refractivity (Wildman–Crippen MR) is 97.7 cm³/mol. The summed E-state index contributed by atoms with van der Waals surface area (Å²) in [7, 11) is 1.61. The van der Waals surface area contributed by atoms with Crippen molar-refractivity contribution in [2.75, 3.05) is 19.0 Å². The SMILES string of the molecule is COc1ccc2[nH]c(C)c(C(=O)CNc3nncs3)c2c1.I. The second-order valence-corrected chi connectivity index (χ2v) is 5.39. The van der Waals surface area contributed by atoms with Crippen LogP contribution in [0.1, 0.15) is 16.1 Å². The van der Waals surface area contributed by atoms with E-state index in [1.165, 1.54) is 11.3 Å². The average Bonchev–Trinajstić information content (AvgIpc) is 3.10. The summed E-state index contributed by atoms with van der Waals surface area (Å²) in [5.74, 6) is 0.731. The van der Waals surface area contributed by atoms with Crippen LogP contribution in [0.5, 0.6) is 5.75 Å².